The van der Waals surface area contributed by atoms with Crippen molar-refractivity contribution in [3.05, 3.63) is 24.0 Å². The fourth-order valence-electron chi connectivity index (χ4n) is 1.18. The zero-order chi connectivity index (χ0) is 12.2. The van der Waals surface area contributed by atoms with E-state index in [2.05, 4.69) is 9.71 Å². The summed E-state index contributed by atoms with van der Waals surface area (Å²) in [6.07, 6.45) is 1.53. The van der Waals surface area contributed by atoms with Crippen LogP contribution in [0.4, 0.5) is 0 Å². The molecule has 0 amide bonds. The van der Waals surface area contributed by atoms with E-state index in [1.807, 2.05) is 13.8 Å². The second-order valence-corrected chi connectivity index (χ2v) is 5.63. The molecule has 0 atom stereocenters. The minimum absolute atomic E-state index is 0.110. The van der Waals surface area contributed by atoms with Crippen LogP contribution in [-0.2, 0) is 16.6 Å². The van der Waals surface area contributed by atoms with Crippen molar-refractivity contribution < 1.29 is 8.42 Å². The topological polar surface area (TPSA) is 85.1 Å². The third-order valence-corrected chi connectivity index (χ3v) is 3.51. The molecule has 1 aromatic heterocycles. The molecule has 0 spiro atoms. The first-order valence-electron chi connectivity index (χ1n) is 5.11. The van der Waals surface area contributed by atoms with Gasteiger partial charge in [-0.1, -0.05) is 13.8 Å². The third kappa shape index (κ3) is 3.26. The molecular weight excluding hydrogens is 226 g/mol. The Hall–Kier alpha value is -0.980. The lowest BCUT2D eigenvalue weighted by molar-refractivity contribution is 0.558. The maximum Gasteiger partial charge on any atom is 0.242 e. The van der Waals surface area contributed by atoms with E-state index in [1.165, 1.54) is 12.3 Å². The molecule has 1 rings (SSSR count). The molecule has 0 aliphatic carbocycles. The second-order valence-electron chi connectivity index (χ2n) is 3.90. The molecule has 1 heterocycles. The van der Waals surface area contributed by atoms with Gasteiger partial charge in [0.1, 0.15) is 4.90 Å². The highest BCUT2D eigenvalue weighted by molar-refractivity contribution is 7.89. The van der Waals surface area contributed by atoms with Crippen LogP contribution in [0.5, 0.6) is 0 Å². The number of sulfonamides is 1. The first-order chi connectivity index (χ1) is 7.47. The average Bonchev–Trinajstić information content (AvgIpc) is 2.26. The largest absolute Gasteiger partial charge is 0.325 e. The number of hydrogen-bond donors (Lipinski definition) is 2. The quantitative estimate of drug-likeness (QED) is 0.787. The van der Waals surface area contributed by atoms with Crippen LogP contribution in [0.15, 0.2) is 23.2 Å². The Morgan fingerprint density at radius 2 is 2.19 bits per heavy atom. The Labute approximate surface area is 96.1 Å². The van der Waals surface area contributed by atoms with Gasteiger partial charge in [0.15, 0.2) is 0 Å². The molecule has 0 saturated carbocycles. The van der Waals surface area contributed by atoms with Crippen molar-refractivity contribution in [2.75, 3.05) is 6.54 Å². The molecule has 5 nitrogen and oxygen atoms in total. The van der Waals surface area contributed by atoms with Crippen LogP contribution in [0.25, 0.3) is 0 Å². The highest BCUT2D eigenvalue weighted by atomic mass is 32.2. The summed E-state index contributed by atoms with van der Waals surface area (Å²) in [5.41, 5.74) is 5.84. The van der Waals surface area contributed by atoms with E-state index in [1.54, 1.807) is 6.07 Å². The Morgan fingerprint density at radius 3 is 2.75 bits per heavy atom. The van der Waals surface area contributed by atoms with Crippen LogP contribution >= 0.6 is 0 Å². The van der Waals surface area contributed by atoms with Crippen LogP contribution < -0.4 is 10.5 Å². The summed E-state index contributed by atoms with van der Waals surface area (Å²) >= 11 is 0. The SMILES string of the molecule is CC(C)CNS(=O)(=O)c1cccnc1CN. The maximum atomic E-state index is 11.9. The van der Waals surface area contributed by atoms with Gasteiger partial charge in [-0.15, -0.1) is 0 Å². The van der Waals surface area contributed by atoms with Crippen molar-refractivity contribution >= 4 is 10.0 Å². The maximum absolute atomic E-state index is 11.9. The molecule has 3 N–H and O–H groups in total. The van der Waals surface area contributed by atoms with Gasteiger partial charge in [-0.05, 0) is 18.1 Å². The molecule has 0 saturated heterocycles. The molecule has 16 heavy (non-hydrogen) atoms. The van der Waals surface area contributed by atoms with E-state index in [-0.39, 0.29) is 17.4 Å². The van der Waals surface area contributed by atoms with Gasteiger partial charge < -0.3 is 5.73 Å². The predicted molar refractivity (Wildman–Crippen MR) is 62.2 cm³/mol. The molecule has 0 bridgehead atoms. The summed E-state index contributed by atoms with van der Waals surface area (Å²) < 4.78 is 26.3. The molecule has 0 radical (unpaired) electrons. The minimum Gasteiger partial charge on any atom is -0.325 e. The van der Waals surface area contributed by atoms with Crippen molar-refractivity contribution in [1.82, 2.24) is 9.71 Å². The molecule has 0 fully saturated rings. The predicted octanol–water partition coefficient (Wildman–Crippen LogP) is 0.475. The number of hydrogen-bond acceptors (Lipinski definition) is 4. The average molecular weight is 243 g/mol. The van der Waals surface area contributed by atoms with Gasteiger partial charge in [0.25, 0.3) is 0 Å². The smallest absolute Gasteiger partial charge is 0.242 e. The lowest BCUT2D eigenvalue weighted by atomic mass is 10.2. The lowest BCUT2D eigenvalue weighted by Crippen LogP contribution is -2.28. The van der Waals surface area contributed by atoms with Crippen LogP contribution in [0, 0.1) is 5.92 Å². The zero-order valence-electron chi connectivity index (χ0n) is 9.47. The molecule has 0 aliphatic heterocycles. The van der Waals surface area contributed by atoms with Crippen molar-refractivity contribution in [2.24, 2.45) is 11.7 Å². The summed E-state index contributed by atoms with van der Waals surface area (Å²) in [6.45, 7) is 4.39. The summed E-state index contributed by atoms with van der Waals surface area (Å²) in [4.78, 5) is 4.11. The van der Waals surface area contributed by atoms with Crippen molar-refractivity contribution in [3.8, 4) is 0 Å². The van der Waals surface area contributed by atoms with Gasteiger partial charge in [0, 0.05) is 19.3 Å². The second kappa shape index (κ2) is 5.38. The molecule has 0 aliphatic rings. The van der Waals surface area contributed by atoms with Gasteiger partial charge in [-0.2, -0.15) is 0 Å². The number of rotatable bonds is 5. The van der Waals surface area contributed by atoms with Gasteiger partial charge in [0.2, 0.25) is 10.0 Å². The summed E-state index contributed by atoms with van der Waals surface area (Å²) in [5.74, 6) is 0.257. The third-order valence-electron chi connectivity index (χ3n) is 2.01. The Bertz CT molecular complexity index is 443. The van der Waals surface area contributed by atoms with E-state index >= 15 is 0 Å². The van der Waals surface area contributed by atoms with Crippen LogP contribution in [0.3, 0.4) is 0 Å². The van der Waals surface area contributed by atoms with Gasteiger partial charge in [-0.25, -0.2) is 13.1 Å². The van der Waals surface area contributed by atoms with E-state index in [0.717, 1.165) is 0 Å². The van der Waals surface area contributed by atoms with E-state index < -0.39 is 10.0 Å². The number of aromatic nitrogens is 1. The lowest BCUT2D eigenvalue weighted by Gasteiger charge is -2.10. The number of nitrogens with zero attached hydrogens (tertiary/aromatic N) is 1. The highest BCUT2D eigenvalue weighted by Gasteiger charge is 2.18. The first kappa shape index (κ1) is 13.1. The number of pyridine rings is 1. The highest BCUT2D eigenvalue weighted by Crippen LogP contribution is 2.12. The fraction of sp³-hybridized carbons (Fsp3) is 0.500. The molecular formula is C10H17N3O2S. The van der Waals surface area contributed by atoms with E-state index in [4.69, 9.17) is 5.73 Å². The van der Waals surface area contributed by atoms with Gasteiger partial charge >= 0.3 is 0 Å². The van der Waals surface area contributed by atoms with Crippen LogP contribution in [0.2, 0.25) is 0 Å². The van der Waals surface area contributed by atoms with Gasteiger partial charge in [0.05, 0.1) is 5.69 Å². The molecule has 90 valence electrons. The monoisotopic (exact) mass is 243 g/mol. The van der Waals surface area contributed by atoms with Crippen LogP contribution in [-0.4, -0.2) is 19.9 Å². The standard InChI is InChI=1S/C10H17N3O2S/c1-8(2)7-13-16(14,15)10-4-3-5-12-9(10)6-11/h3-5,8,13H,6-7,11H2,1-2H3. The minimum atomic E-state index is -3.49. The Balaban J connectivity index is 2.98. The number of nitrogens with one attached hydrogen (secondary N) is 1. The van der Waals surface area contributed by atoms with E-state index in [9.17, 15) is 8.42 Å². The van der Waals surface area contributed by atoms with Crippen molar-refractivity contribution in [2.45, 2.75) is 25.3 Å². The Morgan fingerprint density at radius 1 is 1.50 bits per heavy atom. The summed E-state index contributed by atoms with van der Waals surface area (Å²) in [5, 5.41) is 0. The molecule has 0 aromatic carbocycles. The molecule has 1 aromatic rings. The normalized spacial score (nSPS) is 12.0. The summed E-state index contributed by atoms with van der Waals surface area (Å²) in [7, 11) is -3.49. The van der Waals surface area contributed by atoms with Crippen LogP contribution in [0.1, 0.15) is 19.5 Å². The Kier molecular flexibility index (Phi) is 4.40. The van der Waals surface area contributed by atoms with E-state index in [0.29, 0.717) is 12.2 Å². The zero-order valence-corrected chi connectivity index (χ0v) is 10.3. The molecule has 0 unspecified atom stereocenters. The fourth-order valence-corrected chi connectivity index (χ4v) is 2.59. The number of nitrogens with two attached hydrogens (primary N) is 1. The van der Waals surface area contributed by atoms with Crippen molar-refractivity contribution in [1.29, 1.82) is 0 Å². The molecule has 6 heteroatoms. The van der Waals surface area contributed by atoms with Crippen molar-refractivity contribution in [3.63, 3.8) is 0 Å². The summed E-state index contributed by atoms with van der Waals surface area (Å²) in [6, 6.07) is 3.10. The van der Waals surface area contributed by atoms with Gasteiger partial charge in [-0.3, -0.25) is 4.98 Å². The first-order valence-corrected chi connectivity index (χ1v) is 6.59.